The van der Waals surface area contributed by atoms with Gasteiger partial charge in [-0.2, -0.15) is 0 Å². The second-order valence-electron chi connectivity index (χ2n) is 4.71. The van der Waals surface area contributed by atoms with Crippen LogP contribution in [0.4, 0.5) is 4.39 Å². The van der Waals surface area contributed by atoms with Crippen molar-refractivity contribution in [1.29, 1.82) is 0 Å². The van der Waals surface area contributed by atoms with Crippen LogP contribution in [-0.4, -0.2) is 29.0 Å². The van der Waals surface area contributed by atoms with Crippen molar-refractivity contribution >= 4 is 0 Å². The summed E-state index contributed by atoms with van der Waals surface area (Å²) in [6.07, 6.45) is 7.82. The highest BCUT2D eigenvalue weighted by Crippen LogP contribution is 2.26. The van der Waals surface area contributed by atoms with Crippen LogP contribution in [0.15, 0.2) is 18.5 Å². The van der Waals surface area contributed by atoms with Crippen LogP contribution in [0.1, 0.15) is 31.2 Å². The molecule has 4 heteroatoms. The minimum atomic E-state index is -0.255. The van der Waals surface area contributed by atoms with Gasteiger partial charge < -0.3 is 5.73 Å². The summed E-state index contributed by atoms with van der Waals surface area (Å²) in [5, 5.41) is 0. The lowest BCUT2D eigenvalue weighted by Gasteiger charge is -2.37. The number of hydrogen-bond donors (Lipinski definition) is 1. The third kappa shape index (κ3) is 3.48. The van der Waals surface area contributed by atoms with Crippen molar-refractivity contribution in [1.82, 2.24) is 9.88 Å². The van der Waals surface area contributed by atoms with Crippen LogP contribution >= 0.6 is 0 Å². The van der Waals surface area contributed by atoms with E-state index >= 15 is 0 Å². The average molecular weight is 237 g/mol. The van der Waals surface area contributed by atoms with Crippen LogP contribution in [-0.2, 0) is 6.54 Å². The topological polar surface area (TPSA) is 42.1 Å². The van der Waals surface area contributed by atoms with Gasteiger partial charge in [0.25, 0.3) is 0 Å². The molecule has 1 aromatic rings. The van der Waals surface area contributed by atoms with E-state index in [4.69, 9.17) is 5.73 Å². The molecule has 1 saturated carbocycles. The Kier molecular flexibility index (Phi) is 4.45. The fraction of sp³-hybridized carbons (Fsp3) is 0.615. The molecule has 1 aliphatic carbocycles. The molecule has 0 radical (unpaired) electrons. The van der Waals surface area contributed by atoms with Crippen LogP contribution in [0.5, 0.6) is 0 Å². The third-order valence-corrected chi connectivity index (χ3v) is 3.39. The van der Waals surface area contributed by atoms with Gasteiger partial charge in [0, 0.05) is 18.8 Å². The normalized spacial score (nSPS) is 16.2. The molecular formula is C13H20FN3. The van der Waals surface area contributed by atoms with E-state index in [1.807, 2.05) is 0 Å². The van der Waals surface area contributed by atoms with E-state index in [1.54, 1.807) is 12.3 Å². The van der Waals surface area contributed by atoms with Gasteiger partial charge in [-0.15, -0.1) is 0 Å². The number of aromatic nitrogens is 1. The van der Waals surface area contributed by atoms with Gasteiger partial charge in [-0.05, 0) is 44.0 Å². The molecule has 2 rings (SSSR count). The zero-order valence-corrected chi connectivity index (χ0v) is 10.1. The summed E-state index contributed by atoms with van der Waals surface area (Å²) in [6.45, 7) is 2.50. The first-order chi connectivity index (χ1) is 8.29. The molecule has 1 aromatic heterocycles. The molecule has 1 fully saturated rings. The highest BCUT2D eigenvalue weighted by Gasteiger charge is 2.24. The van der Waals surface area contributed by atoms with E-state index in [-0.39, 0.29) is 5.82 Å². The molecule has 0 amide bonds. The predicted molar refractivity (Wildman–Crippen MR) is 65.9 cm³/mol. The molecule has 1 heterocycles. The van der Waals surface area contributed by atoms with Crippen molar-refractivity contribution < 1.29 is 4.39 Å². The Morgan fingerprint density at radius 1 is 1.41 bits per heavy atom. The summed E-state index contributed by atoms with van der Waals surface area (Å²) >= 11 is 0. The monoisotopic (exact) mass is 237 g/mol. The Balaban J connectivity index is 1.95. The standard InChI is InChI=1S/C13H20FN3/c14-12-7-11(8-16-9-12)10-17(6-2-5-15)13-3-1-4-13/h7-9,13H,1-6,10,15H2. The van der Waals surface area contributed by atoms with E-state index in [2.05, 4.69) is 9.88 Å². The molecule has 0 aromatic carbocycles. The fourth-order valence-corrected chi connectivity index (χ4v) is 2.21. The van der Waals surface area contributed by atoms with Crippen molar-refractivity contribution in [3.8, 4) is 0 Å². The SMILES string of the molecule is NCCCN(Cc1cncc(F)c1)C1CCC1. The average Bonchev–Trinajstić information content (AvgIpc) is 2.23. The molecule has 0 aliphatic heterocycles. The summed E-state index contributed by atoms with van der Waals surface area (Å²) in [7, 11) is 0. The number of nitrogens with two attached hydrogens (primary N) is 1. The molecule has 1 aliphatic rings. The van der Waals surface area contributed by atoms with E-state index in [0.717, 1.165) is 25.1 Å². The Hall–Kier alpha value is -1.00. The molecule has 0 unspecified atom stereocenters. The first-order valence-electron chi connectivity index (χ1n) is 6.33. The molecule has 94 valence electrons. The Morgan fingerprint density at radius 2 is 2.24 bits per heavy atom. The van der Waals surface area contributed by atoms with Crippen LogP contribution < -0.4 is 5.73 Å². The van der Waals surface area contributed by atoms with Crippen molar-refractivity contribution in [3.05, 3.63) is 29.8 Å². The van der Waals surface area contributed by atoms with Crippen molar-refractivity contribution in [2.24, 2.45) is 5.73 Å². The minimum absolute atomic E-state index is 0.255. The zero-order valence-electron chi connectivity index (χ0n) is 10.1. The number of pyridine rings is 1. The molecule has 2 N–H and O–H groups in total. The van der Waals surface area contributed by atoms with E-state index in [1.165, 1.54) is 25.5 Å². The number of hydrogen-bond acceptors (Lipinski definition) is 3. The van der Waals surface area contributed by atoms with E-state index < -0.39 is 0 Å². The number of rotatable bonds is 6. The van der Waals surface area contributed by atoms with E-state index in [9.17, 15) is 4.39 Å². The Bertz CT molecular complexity index is 352. The van der Waals surface area contributed by atoms with Crippen LogP contribution in [0.25, 0.3) is 0 Å². The maximum absolute atomic E-state index is 13.1. The van der Waals surface area contributed by atoms with Crippen LogP contribution in [0, 0.1) is 5.82 Å². The van der Waals surface area contributed by atoms with Crippen LogP contribution in [0.2, 0.25) is 0 Å². The summed E-state index contributed by atoms with van der Waals surface area (Å²) in [5.41, 5.74) is 6.51. The first-order valence-corrected chi connectivity index (χ1v) is 6.33. The molecule has 3 nitrogen and oxygen atoms in total. The Morgan fingerprint density at radius 3 is 2.82 bits per heavy atom. The predicted octanol–water partition coefficient (Wildman–Crippen LogP) is 1.92. The quantitative estimate of drug-likeness (QED) is 0.822. The molecule has 0 atom stereocenters. The summed E-state index contributed by atoms with van der Waals surface area (Å²) in [6, 6.07) is 2.23. The third-order valence-electron chi connectivity index (χ3n) is 3.39. The van der Waals surface area contributed by atoms with Crippen molar-refractivity contribution in [2.75, 3.05) is 13.1 Å². The lowest BCUT2D eigenvalue weighted by Crippen LogP contribution is -2.40. The van der Waals surface area contributed by atoms with Gasteiger partial charge in [-0.25, -0.2) is 4.39 Å². The highest BCUT2D eigenvalue weighted by atomic mass is 19.1. The summed E-state index contributed by atoms with van der Waals surface area (Å²) in [4.78, 5) is 6.30. The van der Waals surface area contributed by atoms with Gasteiger partial charge in [0.05, 0.1) is 6.20 Å². The van der Waals surface area contributed by atoms with Gasteiger partial charge in [0.15, 0.2) is 0 Å². The summed E-state index contributed by atoms with van der Waals surface area (Å²) in [5.74, 6) is -0.255. The minimum Gasteiger partial charge on any atom is -0.330 e. The largest absolute Gasteiger partial charge is 0.330 e. The van der Waals surface area contributed by atoms with Crippen LogP contribution in [0.3, 0.4) is 0 Å². The van der Waals surface area contributed by atoms with Gasteiger partial charge in [0.2, 0.25) is 0 Å². The first kappa shape index (κ1) is 12.5. The Labute approximate surface area is 102 Å². The van der Waals surface area contributed by atoms with Gasteiger partial charge in [-0.1, -0.05) is 6.42 Å². The lowest BCUT2D eigenvalue weighted by molar-refractivity contribution is 0.118. The van der Waals surface area contributed by atoms with E-state index in [0.29, 0.717) is 12.6 Å². The smallest absolute Gasteiger partial charge is 0.141 e. The highest BCUT2D eigenvalue weighted by molar-refractivity contribution is 5.10. The van der Waals surface area contributed by atoms with Gasteiger partial charge in [-0.3, -0.25) is 9.88 Å². The number of halogens is 1. The van der Waals surface area contributed by atoms with Gasteiger partial charge >= 0.3 is 0 Å². The van der Waals surface area contributed by atoms with Crippen molar-refractivity contribution in [2.45, 2.75) is 38.3 Å². The lowest BCUT2D eigenvalue weighted by atomic mass is 9.91. The molecular weight excluding hydrogens is 217 g/mol. The fourth-order valence-electron chi connectivity index (χ4n) is 2.21. The molecule has 0 spiro atoms. The summed E-state index contributed by atoms with van der Waals surface area (Å²) < 4.78 is 13.1. The number of nitrogens with zero attached hydrogens (tertiary/aromatic N) is 2. The molecule has 0 bridgehead atoms. The second kappa shape index (κ2) is 6.07. The maximum Gasteiger partial charge on any atom is 0.141 e. The van der Waals surface area contributed by atoms with Gasteiger partial charge in [0.1, 0.15) is 5.82 Å². The molecule has 0 saturated heterocycles. The zero-order chi connectivity index (χ0) is 12.1. The second-order valence-corrected chi connectivity index (χ2v) is 4.71. The van der Waals surface area contributed by atoms with Crippen molar-refractivity contribution in [3.63, 3.8) is 0 Å². The molecule has 17 heavy (non-hydrogen) atoms. The maximum atomic E-state index is 13.1.